The standard InChI is InChI=1S/C25H28N4O2S/c30-24(21-8-10-22(11-9-21)27-25(31)23-7-4-18-32-23)26-12-13-28-14-16-29(17-15-28)19-20-5-2-1-3-6-20/h1-11,18H,12-17,19H2,(H,26,30)(H,27,31). The highest BCUT2D eigenvalue weighted by molar-refractivity contribution is 7.12. The van der Waals surface area contributed by atoms with Crippen molar-refractivity contribution in [2.24, 2.45) is 0 Å². The van der Waals surface area contributed by atoms with Gasteiger partial charge < -0.3 is 10.6 Å². The molecule has 2 N–H and O–H groups in total. The molecule has 0 bridgehead atoms. The molecule has 0 saturated carbocycles. The highest BCUT2D eigenvalue weighted by atomic mass is 32.1. The van der Waals surface area contributed by atoms with Gasteiger partial charge in [-0.15, -0.1) is 11.3 Å². The first kappa shape index (κ1) is 22.2. The van der Waals surface area contributed by atoms with E-state index in [-0.39, 0.29) is 11.8 Å². The normalized spacial score (nSPS) is 14.8. The van der Waals surface area contributed by atoms with E-state index < -0.39 is 0 Å². The lowest BCUT2D eigenvalue weighted by atomic mass is 10.2. The van der Waals surface area contributed by atoms with Crippen LogP contribution >= 0.6 is 11.3 Å². The molecule has 0 aliphatic carbocycles. The molecule has 6 nitrogen and oxygen atoms in total. The van der Waals surface area contributed by atoms with E-state index in [1.165, 1.54) is 16.9 Å². The van der Waals surface area contributed by atoms with Gasteiger partial charge in [-0.2, -0.15) is 0 Å². The maximum absolute atomic E-state index is 12.4. The predicted molar refractivity (Wildman–Crippen MR) is 129 cm³/mol. The number of rotatable bonds is 8. The molecule has 1 aliphatic heterocycles. The van der Waals surface area contributed by atoms with E-state index in [1.54, 1.807) is 30.3 Å². The van der Waals surface area contributed by atoms with Crippen molar-refractivity contribution in [1.82, 2.24) is 15.1 Å². The largest absolute Gasteiger partial charge is 0.351 e. The monoisotopic (exact) mass is 448 g/mol. The Balaban J connectivity index is 1.16. The fourth-order valence-electron chi connectivity index (χ4n) is 3.75. The number of carbonyl (C=O) groups excluding carboxylic acids is 2. The van der Waals surface area contributed by atoms with Crippen molar-refractivity contribution in [3.63, 3.8) is 0 Å². The zero-order valence-corrected chi connectivity index (χ0v) is 18.8. The van der Waals surface area contributed by atoms with Crippen LogP contribution in [0.1, 0.15) is 25.6 Å². The van der Waals surface area contributed by atoms with E-state index in [2.05, 4.69) is 44.7 Å². The molecule has 0 spiro atoms. The quantitative estimate of drug-likeness (QED) is 0.553. The molecule has 32 heavy (non-hydrogen) atoms. The van der Waals surface area contributed by atoms with Crippen LogP contribution in [-0.4, -0.2) is 60.9 Å². The Morgan fingerprint density at radius 3 is 2.22 bits per heavy atom. The average molecular weight is 449 g/mol. The van der Waals surface area contributed by atoms with Crippen molar-refractivity contribution in [2.45, 2.75) is 6.54 Å². The molecular weight excluding hydrogens is 420 g/mol. The van der Waals surface area contributed by atoms with Crippen molar-refractivity contribution in [3.8, 4) is 0 Å². The smallest absolute Gasteiger partial charge is 0.265 e. The summed E-state index contributed by atoms with van der Waals surface area (Å²) in [6.07, 6.45) is 0. The van der Waals surface area contributed by atoms with Gasteiger partial charge in [-0.25, -0.2) is 0 Å². The summed E-state index contributed by atoms with van der Waals surface area (Å²) in [5, 5.41) is 7.71. The minimum Gasteiger partial charge on any atom is -0.351 e. The third kappa shape index (κ3) is 6.26. The molecule has 3 aromatic rings. The molecule has 2 aromatic carbocycles. The molecular formula is C25H28N4O2S. The van der Waals surface area contributed by atoms with Crippen LogP contribution in [0.5, 0.6) is 0 Å². The van der Waals surface area contributed by atoms with Gasteiger partial charge in [0.15, 0.2) is 0 Å². The summed E-state index contributed by atoms with van der Waals surface area (Å²) in [7, 11) is 0. The zero-order chi connectivity index (χ0) is 22.2. The van der Waals surface area contributed by atoms with E-state index in [1.807, 2.05) is 17.5 Å². The molecule has 1 fully saturated rings. The van der Waals surface area contributed by atoms with Gasteiger partial charge in [-0.3, -0.25) is 19.4 Å². The Labute approximate surface area is 192 Å². The molecule has 2 heterocycles. The number of carbonyl (C=O) groups is 2. The first-order chi connectivity index (χ1) is 15.7. The summed E-state index contributed by atoms with van der Waals surface area (Å²) in [4.78, 5) is 30.1. The van der Waals surface area contributed by atoms with Crippen molar-refractivity contribution < 1.29 is 9.59 Å². The van der Waals surface area contributed by atoms with E-state index in [0.29, 0.717) is 22.7 Å². The third-order valence-corrected chi connectivity index (χ3v) is 6.45. The molecule has 166 valence electrons. The highest BCUT2D eigenvalue weighted by Gasteiger charge is 2.17. The fourth-order valence-corrected chi connectivity index (χ4v) is 4.37. The Morgan fingerprint density at radius 1 is 0.812 bits per heavy atom. The summed E-state index contributed by atoms with van der Waals surface area (Å²) >= 11 is 1.40. The Bertz CT molecular complexity index is 998. The molecule has 0 atom stereocenters. The highest BCUT2D eigenvalue weighted by Crippen LogP contribution is 2.14. The number of amides is 2. The number of anilines is 1. The van der Waals surface area contributed by atoms with Crippen LogP contribution < -0.4 is 10.6 Å². The molecule has 7 heteroatoms. The first-order valence-corrected chi connectivity index (χ1v) is 11.8. The summed E-state index contributed by atoms with van der Waals surface area (Å²) in [6, 6.07) is 21.2. The van der Waals surface area contributed by atoms with Crippen LogP contribution in [0.15, 0.2) is 72.1 Å². The fraction of sp³-hybridized carbons (Fsp3) is 0.280. The van der Waals surface area contributed by atoms with Gasteiger partial charge in [0.05, 0.1) is 4.88 Å². The molecule has 1 saturated heterocycles. The van der Waals surface area contributed by atoms with Crippen LogP contribution in [0.3, 0.4) is 0 Å². The van der Waals surface area contributed by atoms with Gasteiger partial charge in [0.25, 0.3) is 11.8 Å². The van der Waals surface area contributed by atoms with Gasteiger partial charge >= 0.3 is 0 Å². The lowest BCUT2D eigenvalue weighted by molar-refractivity contribution is 0.0933. The third-order valence-electron chi connectivity index (χ3n) is 5.58. The number of hydrogen-bond donors (Lipinski definition) is 2. The molecule has 1 aromatic heterocycles. The SMILES string of the molecule is O=C(NCCN1CCN(Cc2ccccc2)CC1)c1ccc(NC(=O)c2cccs2)cc1. The minimum atomic E-state index is -0.138. The van der Waals surface area contributed by atoms with Crippen molar-refractivity contribution >= 4 is 28.8 Å². The maximum atomic E-state index is 12.4. The van der Waals surface area contributed by atoms with Gasteiger partial charge in [0.2, 0.25) is 0 Å². The van der Waals surface area contributed by atoms with E-state index in [9.17, 15) is 9.59 Å². The second-order valence-electron chi connectivity index (χ2n) is 7.87. The van der Waals surface area contributed by atoms with Crippen molar-refractivity contribution in [1.29, 1.82) is 0 Å². The Morgan fingerprint density at radius 2 is 1.53 bits per heavy atom. The summed E-state index contributed by atoms with van der Waals surface area (Å²) in [6.45, 7) is 6.58. The molecule has 0 radical (unpaired) electrons. The van der Waals surface area contributed by atoms with Crippen LogP contribution in [0.2, 0.25) is 0 Å². The van der Waals surface area contributed by atoms with Crippen LogP contribution in [0.25, 0.3) is 0 Å². The number of nitrogens with one attached hydrogen (secondary N) is 2. The van der Waals surface area contributed by atoms with Gasteiger partial charge in [-0.1, -0.05) is 36.4 Å². The maximum Gasteiger partial charge on any atom is 0.265 e. The molecule has 0 unspecified atom stereocenters. The minimum absolute atomic E-state index is 0.0937. The molecule has 4 rings (SSSR count). The lowest BCUT2D eigenvalue weighted by Crippen LogP contribution is -2.48. The number of thiophene rings is 1. The first-order valence-electron chi connectivity index (χ1n) is 10.9. The summed E-state index contributed by atoms with van der Waals surface area (Å²) < 4.78 is 0. The zero-order valence-electron chi connectivity index (χ0n) is 18.0. The number of hydrogen-bond acceptors (Lipinski definition) is 5. The van der Waals surface area contributed by atoms with Crippen molar-refractivity contribution in [2.75, 3.05) is 44.6 Å². The molecule has 1 aliphatic rings. The van der Waals surface area contributed by atoms with E-state index in [4.69, 9.17) is 0 Å². The Kier molecular flexibility index (Phi) is 7.66. The van der Waals surface area contributed by atoms with E-state index >= 15 is 0 Å². The number of piperazine rings is 1. The van der Waals surface area contributed by atoms with Crippen molar-refractivity contribution in [3.05, 3.63) is 88.1 Å². The van der Waals surface area contributed by atoms with Gasteiger partial charge in [-0.05, 0) is 41.3 Å². The van der Waals surface area contributed by atoms with Crippen LogP contribution in [0.4, 0.5) is 5.69 Å². The van der Waals surface area contributed by atoms with Crippen LogP contribution in [0, 0.1) is 0 Å². The second kappa shape index (κ2) is 11.0. The summed E-state index contributed by atoms with van der Waals surface area (Å²) in [5.41, 5.74) is 2.62. The topological polar surface area (TPSA) is 64.7 Å². The van der Waals surface area contributed by atoms with Crippen LogP contribution in [-0.2, 0) is 6.54 Å². The number of nitrogens with zero attached hydrogens (tertiary/aromatic N) is 2. The second-order valence-corrected chi connectivity index (χ2v) is 8.82. The van der Waals surface area contributed by atoms with E-state index in [0.717, 1.165) is 39.3 Å². The lowest BCUT2D eigenvalue weighted by Gasteiger charge is -2.34. The predicted octanol–water partition coefficient (Wildman–Crippen LogP) is 3.55. The Hall–Kier alpha value is -3.00. The van der Waals surface area contributed by atoms with Gasteiger partial charge in [0, 0.05) is 57.1 Å². The summed E-state index contributed by atoms with van der Waals surface area (Å²) in [5.74, 6) is -0.232. The molecule has 2 amide bonds. The number of benzene rings is 2. The van der Waals surface area contributed by atoms with Gasteiger partial charge in [0.1, 0.15) is 0 Å². The average Bonchev–Trinajstić information content (AvgIpc) is 3.37.